The topological polar surface area (TPSA) is 91.8 Å². The van der Waals surface area contributed by atoms with Crippen molar-refractivity contribution in [1.82, 2.24) is 15.4 Å². The molecule has 3 rings (SSSR count). The summed E-state index contributed by atoms with van der Waals surface area (Å²) < 4.78 is 33.1. The molecule has 1 heterocycles. The van der Waals surface area contributed by atoms with Gasteiger partial charge in [-0.15, -0.1) is 24.0 Å². The Hall–Kier alpha value is -1.69. The molecule has 0 saturated carbocycles. The van der Waals surface area contributed by atoms with Crippen molar-refractivity contribution in [3.05, 3.63) is 64.7 Å². The maximum atomic E-state index is 12.5. The quantitative estimate of drug-likeness (QED) is 0.257. The van der Waals surface area contributed by atoms with Crippen molar-refractivity contribution in [2.24, 2.45) is 4.99 Å². The van der Waals surface area contributed by atoms with Gasteiger partial charge in [0.2, 0.25) is 10.0 Å². The number of halogens is 1. The van der Waals surface area contributed by atoms with Gasteiger partial charge in [0.05, 0.1) is 11.0 Å². The molecule has 1 atom stereocenters. The number of sulfonamides is 1. The lowest BCUT2D eigenvalue weighted by molar-refractivity contribution is 0.114. The minimum absolute atomic E-state index is 0. The lowest BCUT2D eigenvalue weighted by Gasteiger charge is -2.14. The number of ether oxygens (including phenoxy) is 1. The molecule has 2 aromatic rings. The Morgan fingerprint density at radius 1 is 1.09 bits per heavy atom. The number of aliphatic imine (C=N–C) groups is 1. The van der Waals surface area contributed by atoms with E-state index in [1.807, 2.05) is 12.1 Å². The lowest BCUT2D eigenvalue weighted by Crippen LogP contribution is -2.36. The normalized spacial score (nSPS) is 16.5. The molecule has 1 saturated heterocycles. The van der Waals surface area contributed by atoms with Crippen LogP contribution in [0.1, 0.15) is 35.1 Å². The van der Waals surface area contributed by atoms with Crippen LogP contribution in [-0.2, 0) is 27.8 Å². The van der Waals surface area contributed by atoms with Crippen LogP contribution >= 0.6 is 24.0 Å². The predicted octanol–water partition coefficient (Wildman–Crippen LogP) is 3.24. The fraction of sp³-hybridized carbons (Fsp3) is 0.435. The lowest BCUT2D eigenvalue weighted by atomic mass is 10.1. The van der Waals surface area contributed by atoms with Crippen LogP contribution in [-0.4, -0.2) is 40.7 Å². The summed E-state index contributed by atoms with van der Waals surface area (Å²) >= 11 is 0. The molecule has 0 aliphatic carbocycles. The summed E-state index contributed by atoms with van der Waals surface area (Å²) in [6, 6.07) is 13.3. The van der Waals surface area contributed by atoms with Crippen LogP contribution < -0.4 is 15.4 Å². The third-order valence-corrected chi connectivity index (χ3v) is 6.83. The van der Waals surface area contributed by atoms with Crippen molar-refractivity contribution in [2.75, 3.05) is 20.2 Å². The second-order valence-electron chi connectivity index (χ2n) is 7.84. The Labute approximate surface area is 208 Å². The van der Waals surface area contributed by atoms with E-state index in [1.54, 1.807) is 19.2 Å². The van der Waals surface area contributed by atoms with Gasteiger partial charge in [-0.3, -0.25) is 4.99 Å². The average molecular weight is 573 g/mol. The highest BCUT2D eigenvalue weighted by atomic mass is 127. The van der Waals surface area contributed by atoms with Gasteiger partial charge in [-0.1, -0.05) is 35.9 Å². The van der Waals surface area contributed by atoms with Crippen LogP contribution in [0, 0.1) is 13.8 Å². The summed E-state index contributed by atoms with van der Waals surface area (Å²) in [5.74, 6) is 0.690. The fourth-order valence-electron chi connectivity index (χ4n) is 3.51. The number of aryl methyl sites for hydroxylation is 2. The van der Waals surface area contributed by atoms with Gasteiger partial charge in [-0.25, -0.2) is 13.1 Å². The van der Waals surface area contributed by atoms with Gasteiger partial charge in [-0.05, 0) is 55.5 Å². The second kappa shape index (κ2) is 12.5. The SMILES string of the molecule is CN=C(NCc1ccc(S(=O)(=O)NCC2CCCO2)cc1)NCc1ccc(C)cc1C.I. The molecule has 0 spiro atoms. The molecule has 0 bridgehead atoms. The first kappa shape index (κ1) is 26.6. The molecule has 9 heteroatoms. The zero-order chi connectivity index (χ0) is 22.3. The summed E-state index contributed by atoms with van der Waals surface area (Å²) in [5.41, 5.74) is 4.68. The van der Waals surface area contributed by atoms with Gasteiger partial charge in [0.1, 0.15) is 0 Å². The highest BCUT2D eigenvalue weighted by Gasteiger charge is 2.20. The molecule has 2 aromatic carbocycles. The van der Waals surface area contributed by atoms with Crippen molar-refractivity contribution in [1.29, 1.82) is 0 Å². The van der Waals surface area contributed by atoms with Crippen molar-refractivity contribution < 1.29 is 13.2 Å². The molecule has 1 aliphatic rings. The highest BCUT2D eigenvalue weighted by Crippen LogP contribution is 2.14. The first-order valence-corrected chi connectivity index (χ1v) is 12.1. The Kier molecular flexibility index (Phi) is 10.4. The van der Waals surface area contributed by atoms with Crippen molar-refractivity contribution in [2.45, 2.75) is 50.8 Å². The van der Waals surface area contributed by atoms with Crippen LogP contribution in [0.2, 0.25) is 0 Å². The van der Waals surface area contributed by atoms with Crippen molar-refractivity contribution in [3.63, 3.8) is 0 Å². The van der Waals surface area contributed by atoms with Crippen LogP contribution in [0.4, 0.5) is 0 Å². The van der Waals surface area contributed by atoms with Gasteiger partial charge < -0.3 is 15.4 Å². The van der Waals surface area contributed by atoms with E-state index in [0.717, 1.165) is 18.4 Å². The summed E-state index contributed by atoms with van der Waals surface area (Å²) in [6.45, 7) is 6.42. The van der Waals surface area contributed by atoms with Gasteiger partial charge >= 0.3 is 0 Å². The van der Waals surface area contributed by atoms with E-state index in [1.165, 1.54) is 16.7 Å². The van der Waals surface area contributed by atoms with Gasteiger partial charge in [-0.2, -0.15) is 0 Å². The Morgan fingerprint density at radius 3 is 2.44 bits per heavy atom. The number of hydrogen-bond donors (Lipinski definition) is 3. The zero-order valence-electron chi connectivity index (χ0n) is 18.8. The van der Waals surface area contributed by atoms with Gasteiger partial charge in [0.15, 0.2) is 5.96 Å². The van der Waals surface area contributed by atoms with E-state index in [0.29, 0.717) is 32.2 Å². The first-order chi connectivity index (χ1) is 14.9. The van der Waals surface area contributed by atoms with Crippen molar-refractivity contribution >= 4 is 40.0 Å². The molecule has 0 amide bonds. The largest absolute Gasteiger partial charge is 0.377 e. The zero-order valence-corrected chi connectivity index (χ0v) is 22.0. The minimum atomic E-state index is -3.53. The third kappa shape index (κ3) is 7.72. The van der Waals surface area contributed by atoms with Gasteiger partial charge in [0.25, 0.3) is 0 Å². The second-order valence-corrected chi connectivity index (χ2v) is 9.61. The van der Waals surface area contributed by atoms with E-state index in [-0.39, 0.29) is 35.0 Å². The van der Waals surface area contributed by atoms with Gasteiger partial charge in [0, 0.05) is 33.3 Å². The molecule has 176 valence electrons. The molecule has 0 aromatic heterocycles. The monoisotopic (exact) mass is 572 g/mol. The van der Waals surface area contributed by atoms with Crippen LogP contribution in [0.3, 0.4) is 0 Å². The molecule has 0 radical (unpaired) electrons. The molecule has 32 heavy (non-hydrogen) atoms. The number of hydrogen-bond acceptors (Lipinski definition) is 4. The standard InChI is InChI=1S/C23H32N4O3S.HI/c1-17-6-9-20(18(2)13-17)15-26-23(24-3)25-14-19-7-10-22(11-8-19)31(28,29)27-16-21-5-4-12-30-21;/h6-11,13,21,27H,4-5,12,14-16H2,1-3H3,(H2,24,25,26);1H. The smallest absolute Gasteiger partial charge is 0.240 e. The number of rotatable bonds is 8. The van der Waals surface area contributed by atoms with E-state index in [2.05, 4.69) is 52.4 Å². The van der Waals surface area contributed by atoms with Crippen molar-refractivity contribution in [3.8, 4) is 0 Å². The van der Waals surface area contributed by atoms with E-state index >= 15 is 0 Å². The summed E-state index contributed by atoms with van der Waals surface area (Å²) in [7, 11) is -1.80. The maximum Gasteiger partial charge on any atom is 0.240 e. The minimum Gasteiger partial charge on any atom is -0.377 e. The molecule has 1 aliphatic heterocycles. The van der Waals surface area contributed by atoms with Crippen LogP contribution in [0.5, 0.6) is 0 Å². The number of guanidine groups is 1. The molecule has 3 N–H and O–H groups in total. The van der Waals surface area contributed by atoms with E-state index in [9.17, 15) is 8.42 Å². The Balaban J connectivity index is 0.00000363. The number of benzene rings is 2. The average Bonchev–Trinajstić information content (AvgIpc) is 3.28. The summed E-state index contributed by atoms with van der Waals surface area (Å²) in [6.07, 6.45) is 1.85. The number of nitrogens with one attached hydrogen (secondary N) is 3. The predicted molar refractivity (Wildman–Crippen MR) is 139 cm³/mol. The Bertz CT molecular complexity index is 1000. The first-order valence-electron chi connectivity index (χ1n) is 10.6. The molecule has 1 unspecified atom stereocenters. The molecular weight excluding hydrogens is 539 g/mol. The third-order valence-electron chi connectivity index (χ3n) is 5.39. The molecule has 7 nitrogen and oxygen atoms in total. The Morgan fingerprint density at radius 2 is 1.81 bits per heavy atom. The summed E-state index contributed by atoms with van der Waals surface area (Å²) in [5, 5.41) is 6.58. The van der Waals surface area contributed by atoms with Crippen LogP contribution in [0.25, 0.3) is 0 Å². The summed E-state index contributed by atoms with van der Waals surface area (Å²) in [4.78, 5) is 4.52. The highest BCUT2D eigenvalue weighted by molar-refractivity contribution is 14.0. The number of nitrogens with zero attached hydrogens (tertiary/aromatic N) is 1. The van der Waals surface area contributed by atoms with Crippen LogP contribution in [0.15, 0.2) is 52.4 Å². The molecular formula is C23H33IN4O3S. The van der Waals surface area contributed by atoms with E-state index < -0.39 is 10.0 Å². The molecule has 1 fully saturated rings. The van der Waals surface area contributed by atoms with E-state index in [4.69, 9.17) is 4.74 Å². The fourth-order valence-corrected chi connectivity index (χ4v) is 4.57. The maximum absolute atomic E-state index is 12.5.